The molecule has 1 N–H and O–H groups in total. The number of hydrogen-bond donors (Lipinski definition) is 1. The van der Waals surface area contributed by atoms with E-state index in [1.54, 1.807) is 0 Å². The first-order chi connectivity index (χ1) is 7.65. The monoisotopic (exact) mass is 219 g/mol. The normalized spacial score (nSPS) is 13.1. The lowest BCUT2D eigenvalue weighted by Crippen LogP contribution is -2.17. The fourth-order valence-electron chi connectivity index (χ4n) is 2.16. The second-order valence-electron chi connectivity index (χ2n) is 5.02. The first-order valence-electron chi connectivity index (χ1n) is 6.38. The van der Waals surface area contributed by atoms with Gasteiger partial charge in [-0.1, -0.05) is 51.0 Å². The van der Waals surface area contributed by atoms with E-state index >= 15 is 0 Å². The zero-order chi connectivity index (χ0) is 12.0. The van der Waals surface area contributed by atoms with E-state index in [-0.39, 0.29) is 0 Å². The smallest absolute Gasteiger partial charge is 0.0320 e. The maximum absolute atomic E-state index is 3.43. The van der Waals surface area contributed by atoms with Crippen LogP contribution in [-0.4, -0.2) is 7.05 Å². The average molecular weight is 219 g/mol. The van der Waals surface area contributed by atoms with Crippen molar-refractivity contribution in [2.75, 3.05) is 7.05 Å². The molecule has 0 aliphatic heterocycles. The summed E-state index contributed by atoms with van der Waals surface area (Å²) in [5.41, 5.74) is 2.85. The van der Waals surface area contributed by atoms with E-state index in [1.807, 2.05) is 0 Å². The van der Waals surface area contributed by atoms with Crippen LogP contribution < -0.4 is 5.32 Å². The molecule has 0 radical (unpaired) electrons. The fraction of sp³-hybridized carbons (Fsp3) is 0.600. The van der Waals surface area contributed by atoms with E-state index in [9.17, 15) is 0 Å². The minimum Gasteiger partial charge on any atom is -0.313 e. The van der Waals surface area contributed by atoms with Crippen LogP contribution in [0.25, 0.3) is 0 Å². The van der Waals surface area contributed by atoms with Gasteiger partial charge in [-0.05, 0) is 37.4 Å². The lowest BCUT2D eigenvalue weighted by molar-refractivity contribution is 0.469. The predicted molar refractivity (Wildman–Crippen MR) is 71.7 cm³/mol. The zero-order valence-corrected chi connectivity index (χ0v) is 11.1. The first kappa shape index (κ1) is 13.2. The van der Waals surface area contributed by atoms with Crippen molar-refractivity contribution in [3.63, 3.8) is 0 Å². The molecule has 1 unspecified atom stereocenters. The fourth-order valence-corrected chi connectivity index (χ4v) is 2.16. The van der Waals surface area contributed by atoms with Gasteiger partial charge < -0.3 is 5.32 Å². The third-order valence-corrected chi connectivity index (χ3v) is 3.19. The molecule has 0 aromatic heterocycles. The molecule has 16 heavy (non-hydrogen) atoms. The van der Waals surface area contributed by atoms with Crippen LogP contribution in [0.4, 0.5) is 0 Å². The first-order valence-corrected chi connectivity index (χ1v) is 6.38. The largest absolute Gasteiger partial charge is 0.313 e. The Morgan fingerprint density at radius 2 is 1.81 bits per heavy atom. The van der Waals surface area contributed by atoms with Crippen molar-refractivity contribution in [3.05, 3.63) is 35.4 Å². The number of hydrogen-bond acceptors (Lipinski definition) is 1. The van der Waals surface area contributed by atoms with Crippen molar-refractivity contribution in [1.29, 1.82) is 0 Å². The number of benzene rings is 1. The van der Waals surface area contributed by atoms with Crippen molar-refractivity contribution in [1.82, 2.24) is 5.32 Å². The van der Waals surface area contributed by atoms with E-state index in [0.717, 1.165) is 5.92 Å². The lowest BCUT2D eigenvalue weighted by Gasteiger charge is -2.19. The molecule has 0 saturated heterocycles. The molecule has 1 aromatic carbocycles. The SMILES string of the molecule is CNC(CCCC(C)C)c1ccccc1C. The van der Waals surface area contributed by atoms with Gasteiger partial charge in [0.05, 0.1) is 0 Å². The molecule has 1 heteroatoms. The maximum Gasteiger partial charge on any atom is 0.0320 e. The highest BCUT2D eigenvalue weighted by molar-refractivity contribution is 5.28. The Morgan fingerprint density at radius 3 is 2.38 bits per heavy atom. The molecule has 1 nitrogen and oxygen atoms in total. The Hall–Kier alpha value is -0.820. The maximum atomic E-state index is 3.43. The second kappa shape index (κ2) is 6.70. The Balaban J connectivity index is 2.57. The molecular weight excluding hydrogens is 194 g/mol. The molecule has 1 rings (SSSR count). The standard InChI is InChI=1S/C15H25N/c1-12(2)8-7-11-15(16-4)14-10-6-5-9-13(14)3/h5-6,9-10,12,15-16H,7-8,11H2,1-4H3. The van der Waals surface area contributed by atoms with Crippen LogP contribution in [0.5, 0.6) is 0 Å². The molecule has 0 aliphatic rings. The van der Waals surface area contributed by atoms with Gasteiger partial charge >= 0.3 is 0 Å². The number of rotatable bonds is 6. The molecule has 0 fully saturated rings. The van der Waals surface area contributed by atoms with Gasteiger partial charge in [-0.2, -0.15) is 0 Å². The van der Waals surface area contributed by atoms with Gasteiger partial charge in [-0.3, -0.25) is 0 Å². The zero-order valence-electron chi connectivity index (χ0n) is 11.1. The van der Waals surface area contributed by atoms with E-state index < -0.39 is 0 Å². The third-order valence-electron chi connectivity index (χ3n) is 3.19. The van der Waals surface area contributed by atoms with Gasteiger partial charge in [0.25, 0.3) is 0 Å². The molecule has 1 atom stereocenters. The average Bonchev–Trinajstić information content (AvgIpc) is 2.25. The minimum atomic E-state index is 0.514. The summed E-state index contributed by atoms with van der Waals surface area (Å²) >= 11 is 0. The van der Waals surface area contributed by atoms with Crippen molar-refractivity contribution < 1.29 is 0 Å². The van der Waals surface area contributed by atoms with Crippen molar-refractivity contribution in [2.45, 2.75) is 46.1 Å². The molecule has 1 aromatic rings. The van der Waals surface area contributed by atoms with E-state index in [1.165, 1.54) is 30.4 Å². The van der Waals surface area contributed by atoms with Crippen LogP contribution in [0.3, 0.4) is 0 Å². The molecule has 0 bridgehead atoms. The lowest BCUT2D eigenvalue weighted by atomic mass is 9.95. The summed E-state index contributed by atoms with van der Waals surface area (Å²) in [6.07, 6.45) is 3.86. The summed E-state index contributed by atoms with van der Waals surface area (Å²) < 4.78 is 0. The van der Waals surface area contributed by atoms with Gasteiger partial charge in [0.1, 0.15) is 0 Å². The molecule has 0 spiro atoms. The quantitative estimate of drug-likeness (QED) is 0.760. The van der Waals surface area contributed by atoms with Crippen LogP contribution in [0, 0.1) is 12.8 Å². The summed E-state index contributed by atoms with van der Waals surface area (Å²) in [7, 11) is 2.06. The van der Waals surface area contributed by atoms with Crippen LogP contribution >= 0.6 is 0 Å². The highest BCUT2D eigenvalue weighted by atomic mass is 14.9. The van der Waals surface area contributed by atoms with Gasteiger partial charge in [0.15, 0.2) is 0 Å². The van der Waals surface area contributed by atoms with Crippen molar-refractivity contribution in [2.24, 2.45) is 5.92 Å². The van der Waals surface area contributed by atoms with Gasteiger partial charge in [0.2, 0.25) is 0 Å². The van der Waals surface area contributed by atoms with Crippen molar-refractivity contribution >= 4 is 0 Å². The summed E-state index contributed by atoms with van der Waals surface area (Å²) in [5.74, 6) is 0.814. The van der Waals surface area contributed by atoms with Gasteiger partial charge in [-0.25, -0.2) is 0 Å². The Labute approximate surface area is 100 Å². The topological polar surface area (TPSA) is 12.0 Å². The third kappa shape index (κ3) is 3.97. The van der Waals surface area contributed by atoms with Gasteiger partial charge in [-0.15, -0.1) is 0 Å². The molecule has 0 aliphatic carbocycles. The summed E-state index contributed by atoms with van der Waals surface area (Å²) in [6.45, 7) is 6.78. The van der Waals surface area contributed by atoms with E-state index in [4.69, 9.17) is 0 Å². The molecular formula is C15H25N. The molecule has 90 valence electrons. The Morgan fingerprint density at radius 1 is 1.12 bits per heavy atom. The summed E-state index contributed by atoms with van der Waals surface area (Å²) in [4.78, 5) is 0. The van der Waals surface area contributed by atoms with Crippen LogP contribution in [-0.2, 0) is 0 Å². The summed E-state index contributed by atoms with van der Waals surface area (Å²) in [6, 6.07) is 9.20. The number of nitrogens with one attached hydrogen (secondary N) is 1. The minimum absolute atomic E-state index is 0.514. The Kier molecular flexibility index (Phi) is 5.54. The van der Waals surface area contributed by atoms with Crippen LogP contribution in [0.15, 0.2) is 24.3 Å². The second-order valence-corrected chi connectivity index (χ2v) is 5.02. The summed E-state index contributed by atoms with van der Waals surface area (Å²) in [5, 5.41) is 3.43. The Bertz CT molecular complexity index is 304. The van der Waals surface area contributed by atoms with E-state index in [0.29, 0.717) is 6.04 Å². The predicted octanol–water partition coefficient (Wildman–Crippen LogP) is 4.08. The molecule has 0 saturated carbocycles. The highest BCUT2D eigenvalue weighted by Gasteiger charge is 2.10. The van der Waals surface area contributed by atoms with Crippen LogP contribution in [0.1, 0.15) is 50.3 Å². The highest BCUT2D eigenvalue weighted by Crippen LogP contribution is 2.23. The van der Waals surface area contributed by atoms with E-state index in [2.05, 4.69) is 57.4 Å². The van der Waals surface area contributed by atoms with Crippen molar-refractivity contribution in [3.8, 4) is 0 Å². The number of aryl methyl sites for hydroxylation is 1. The molecule has 0 amide bonds. The van der Waals surface area contributed by atoms with Gasteiger partial charge in [0, 0.05) is 6.04 Å². The van der Waals surface area contributed by atoms with Crippen LogP contribution in [0.2, 0.25) is 0 Å². The molecule has 0 heterocycles.